The largest absolute Gasteiger partial charge is 0.379 e. The normalized spacial score (nSPS) is 13.8. The van der Waals surface area contributed by atoms with E-state index in [1.165, 1.54) is 5.56 Å². The van der Waals surface area contributed by atoms with Gasteiger partial charge in [0.25, 0.3) is 0 Å². The first-order valence-electron chi connectivity index (χ1n) is 5.48. The molecule has 0 radical (unpaired) electrons. The van der Waals surface area contributed by atoms with Crippen LogP contribution in [0.2, 0.25) is 0 Å². The van der Waals surface area contributed by atoms with E-state index in [0.29, 0.717) is 0 Å². The van der Waals surface area contributed by atoms with E-state index in [4.69, 9.17) is 10.5 Å². The van der Waals surface area contributed by atoms with Crippen LogP contribution in [-0.2, 0) is 11.2 Å². The van der Waals surface area contributed by atoms with Gasteiger partial charge in [-0.1, -0.05) is 28.1 Å². The minimum Gasteiger partial charge on any atom is -0.379 e. The van der Waals surface area contributed by atoms with Gasteiger partial charge in [-0.3, -0.25) is 0 Å². The average Bonchev–Trinajstić information content (AvgIpc) is 2.21. The molecule has 0 spiro atoms. The lowest BCUT2D eigenvalue weighted by Crippen LogP contribution is -2.35. The number of methoxy groups -OCH3 is 1. The van der Waals surface area contributed by atoms with Gasteiger partial charge in [0.15, 0.2) is 0 Å². The Morgan fingerprint density at radius 2 is 1.88 bits per heavy atom. The zero-order chi connectivity index (χ0) is 12.2. The third kappa shape index (κ3) is 4.64. The molecule has 0 aliphatic carbocycles. The van der Waals surface area contributed by atoms with Crippen LogP contribution in [0.1, 0.15) is 25.8 Å². The zero-order valence-corrected chi connectivity index (χ0v) is 11.8. The Labute approximate surface area is 106 Å². The van der Waals surface area contributed by atoms with E-state index in [-0.39, 0.29) is 11.6 Å². The van der Waals surface area contributed by atoms with Crippen LogP contribution in [0, 0.1) is 0 Å². The molecule has 2 nitrogen and oxygen atoms in total. The van der Waals surface area contributed by atoms with Crippen molar-refractivity contribution in [3.05, 3.63) is 34.3 Å². The molecule has 3 heteroatoms. The molecule has 0 saturated carbocycles. The van der Waals surface area contributed by atoms with Crippen molar-refractivity contribution in [1.82, 2.24) is 0 Å². The van der Waals surface area contributed by atoms with Crippen LogP contribution in [0.5, 0.6) is 0 Å². The van der Waals surface area contributed by atoms with E-state index in [9.17, 15) is 0 Å². The third-order valence-electron chi connectivity index (χ3n) is 2.72. The van der Waals surface area contributed by atoms with Crippen molar-refractivity contribution in [3.8, 4) is 0 Å². The van der Waals surface area contributed by atoms with Crippen LogP contribution in [0.15, 0.2) is 28.7 Å². The number of hydrogen-bond donors (Lipinski definition) is 1. The van der Waals surface area contributed by atoms with Gasteiger partial charge < -0.3 is 10.5 Å². The summed E-state index contributed by atoms with van der Waals surface area (Å²) in [5.41, 5.74) is 7.24. The molecule has 0 amide bonds. The fourth-order valence-corrected chi connectivity index (χ4v) is 1.97. The van der Waals surface area contributed by atoms with E-state index >= 15 is 0 Å². The van der Waals surface area contributed by atoms with Crippen molar-refractivity contribution in [2.24, 2.45) is 5.73 Å². The van der Waals surface area contributed by atoms with Crippen molar-refractivity contribution >= 4 is 15.9 Å². The maximum atomic E-state index is 6.11. The van der Waals surface area contributed by atoms with E-state index in [2.05, 4.69) is 41.9 Å². The van der Waals surface area contributed by atoms with Crippen LogP contribution >= 0.6 is 15.9 Å². The second-order valence-electron chi connectivity index (χ2n) is 4.76. The molecular formula is C13H20BrNO. The maximum Gasteiger partial charge on any atom is 0.0637 e. The van der Waals surface area contributed by atoms with Gasteiger partial charge in [-0.2, -0.15) is 0 Å². The first-order chi connectivity index (χ1) is 7.43. The van der Waals surface area contributed by atoms with Crippen molar-refractivity contribution < 1.29 is 4.74 Å². The summed E-state index contributed by atoms with van der Waals surface area (Å²) in [5.74, 6) is 0. The molecule has 0 aromatic heterocycles. The highest BCUT2D eigenvalue weighted by Crippen LogP contribution is 2.18. The molecule has 0 fully saturated rings. The van der Waals surface area contributed by atoms with Gasteiger partial charge in [0.05, 0.1) is 5.60 Å². The molecule has 1 atom stereocenters. The molecule has 16 heavy (non-hydrogen) atoms. The van der Waals surface area contributed by atoms with Crippen molar-refractivity contribution in [2.75, 3.05) is 7.11 Å². The molecule has 1 aromatic rings. The SMILES string of the molecule is COC(C)(C)CC(N)Cc1ccc(Br)cc1. The topological polar surface area (TPSA) is 35.2 Å². The van der Waals surface area contributed by atoms with Gasteiger partial charge in [0.2, 0.25) is 0 Å². The molecule has 0 aliphatic rings. The monoisotopic (exact) mass is 285 g/mol. The number of benzene rings is 1. The van der Waals surface area contributed by atoms with Crippen molar-refractivity contribution in [3.63, 3.8) is 0 Å². The smallest absolute Gasteiger partial charge is 0.0637 e. The molecule has 90 valence electrons. The molecule has 1 unspecified atom stereocenters. The lowest BCUT2D eigenvalue weighted by Gasteiger charge is -2.26. The van der Waals surface area contributed by atoms with Crippen LogP contribution in [0.4, 0.5) is 0 Å². The molecule has 1 aromatic carbocycles. The molecule has 0 heterocycles. The Bertz CT molecular complexity index is 321. The Hall–Kier alpha value is -0.380. The quantitative estimate of drug-likeness (QED) is 0.902. The summed E-state index contributed by atoms with van der Waals surface area (Å²) in [6.07, 6.45) is 1.75. The van der Waals surface area contributed by atoms with Crippen molar-refractivity contribution in [1.29, 1.82) is 0 Å². The van der Waals surface area contributed by atoms with Crippen molar-refractivity contribution in [2.45, 2.75) is 38.3 Å². The van der Waals surface area contributed by atoms with Gasteiger partial charge in [-0.15, -0.1) is 0 Å². The molecule has 2 N–H and O–H groups in total. The predicted octanol–water partition coefficient (Wildman–Crippen LogP) is 3.13. The Balaban J connectivity index is 2.51. The maximum absolute atomic E-state index is 6.11. The van der Waals surface area contributed by atoms with E-state index in [1.54, 1.807) is 7.11 Å². The van der Waals surface area contributed by atoms with E-state index < -0.39 is 0 Å². The molecule has 0 bridgehead atoms. The van der Waals surface area contributed by atoms with Crippen LogP contribution in [-0.4, -0.2) is 18.8 Å². The highest BCUT2D eigenvalue weighted by atomic mass is 79.9. The van der Waals surface area contributed by atoms with Gasteiger partial charge in [0, 0.05) is 17.6 Å². The second-order valence-corrected chi connectivity index (χ2v) is 5.67. The summed E-state index contributed by atoms with van der Waals surface area (Å²) >= 11 is 3.42. The molecule has 1 rings (SSSR count). The van der Waals surface area contributed by atoms with E-state index in [0.717, 1.165) is 17.3 Å². The summed E-state index contributed by atoms with van der Waals surface area (Å²) in [4.78, 5) is 0. The average molecular weight is 286 g/mol. The van der Waals surface area contributed by atoms with Crippen LogP contribution < -0.4 is 5.73 Å². The Morgan fingerprint density at radius 3 is 2.38 bits per heavy atom. The lowest BCUT2D eigenvalue weighted by molar-refractivity contribution is 0.0102. The summed E-state index contributed by atoms with van der Waals surface area (Å²) in [6.45, 7) is 4.13. The van der Waals surface area contributed by atoms with Gasteiger partial charge in [-0.25, -0.2) is 0 Å². The number of ether oxygens (including phenoxy) is 1. The van der Waals surface area contributed by atoms with Gasteiger partial charge in [0.1, 0.15) is 0 Å². The third-order valence-corrected chi connectivity index (χ3v) is 3.25. The number of nitrogens with two attached hydrogens (primary N) is 1. The highest BCUT2D eigenvalue weighted by Gasteiger charge is 2.20. The predicted molar refractivity (Wildman–Crippen MR) is 71.5 cm³/mol. The fraction of sp³-hybridized carbons (Fsp3) is 0.538. The summed E-state index contributed by atoms with van der Waals surface area (Å²) in [6, 6.07) is 8.43. The number of hydrogen-bond acceptors (Lipinski definition) is 2. The fourth-order valence-electron chi connectivity index (χ4n) is 1.71. The van der Waals surface area contributed by atoms with Gasteiger partial charge >= 0.3 is 0 Å². The lowest BCUT2D eigenvalue weighted by atomic mass is 9.95. The first kappa shape index (κ1) is 13.7. The standard InChI is InChI=1S/C13H20BrNO/c1-13(2,16-3)9-12(15)8-10-4-6-11(14)7-5-10/h4-7,12H,8-9,15H2,1-3H3. The Kier molecular flexibility index (Phi) is 4.96. The number of halogens is 1. The number of rotatable bonds is 5. The Morgan fingerprint density at radius 1 is 1.31 bits per heavy atom. The molecular weight excluding hydrogens is 266 g/mol. The summed E-state index contributed by atoms with van der Waals surface area (Å²) in [5, 5.41) is 0. The van der Waals surface area contributed by atoms with Crippen LogP contribution in [0.25, 0.3) is 0 Å². The summed E-state index contributed by atoms with van der Waals surface area (Å²) in [7, 11) is 1.73. The molecule has 0 aliphatic heterocycles. The zero-order valence-electron chi connectivity index (χ0n) is 10.2. The van der Waals surface area contributed by atoms with E-state index in [1.807, 2.05) is 12.1 Å². The minimum absolute atomic E-state index is 0.135. The highest BCUT2D eigenvalue weighted by molar-refractivity contribution is 9.10. The van der Waals surface area contributed by atoms with Crippen LogP contribution in [0.3, 0.4) is 0 Å². The van der Waals surface area contributed by atoms with Gasteiger partial charge in [-0.05, 0) is 44.4 Å². The minimum atomic E-state index is -0.144. The molecule has 0 saturated heterocycles. The summed E-state index contributed by atoms with van der Waals surface area (Å²) < 4.78 is 6.48. The second kappa shape index (κ2) is 5.80. The first-order valence-corrected chi connectivity index (χ1v) is 6.27.